The van der Waals surface area contributed by atoms with Gasteiger partial charge in [0.15, 0.2) is 0 Å². The monoisotopic (exact) mass is 329 g/mol. The van der Waals surface area contributed by atoms with Gasteiger partial charge in [0.05, 0.1) is 18.8 Å². The van der Waals surface area contributed by atoms with Crippen molar-refractivity contribution < 1.29 is 4.74 Å². The van der Waals surface area contributed by atoms with E-state index in [1.54, 1.807) is 0 Å². The number of nitrogens with zero attached hydrogens (tertiary/aromatic N) is 1. The standard InChI is InChI=1S/C14H17BrClNO/c15-12-8-11(5-4-10(12)9-16)17-6-7-18-14-3-1-2-13(14)17/h4-5,8,13-14H,1-3,6-7,9H2. The second-order valence-electron chi connectivity index (χ2n) is 5.01. The molecule has 0 radical (unpaired) electrons. The zero-order valence-electron chi connectivity index (χ0n) is 10.2. The summed E-state index contributed by atoms with van der Waals surface area (Å²) in [5.41, 5.74) is 2.44. The molecule has 98 valence electrons. The van der Waals surface area contributed by atoms with Crippen LogP contribution in [0.25, 0.3) is 0 Å². The topological polar surface area (TPSA) is 12.5 Å². The van der Waals surface area contributed by atoms with Gasteiger partial charge in [0.1, 0.15) is 0 Å². The van der Waals surface area contributed by atoms with Crippen molar-refractivity contribution in [2.24, 2.45) is 0 Å². The minimum absolute atomic E-state index is 0.435. The van der Waals surface area contributed by atoms with Crippen molar-refractivity contribution in [3.05, 3.63) is 28.2 Å². The number of anilines is 1. The summed E-state index contributed by atoms with van der Waals surface area (Å²) in [6, 6.07) is 7.06. The molecule has 0 amide bonds. The molecule has 1 heterocycles. The molecule has 1 aliphatic carbocycles. The maximum absolute atomic E-state index is 5.90. The van der Waals surface area contributed by atoms with Gasteiger partial charge in [-0.3, -0.25) is 0 Å². The summed E-state index contributed by atoms with van der Waals surface area (Å²) < 4.78 is 6.96. The van der Waals surface area contributed by atoms with E-state index in [1.165, 1.54) is 24.9 Å². The van der Waals surface area contributed by atoms with Crippen LogP contribution in [-0.4, -0.2) is 25.3 Å². The number of morpholine rings is 1. The van der Waals surface area contributed by atoms with Crippen LogP contribution in [0.5, 0.6) is 0 Å². The fourth-order valence-electron chi connectivity index (χ4n) is 3.07. The zero-order chi connectivity index (χ0) is 12.5. The Hall–Kier alpha value is -0.250. The molecule has 1 aromatic carbocycles. The summed E-state index contributed by atoms with van der Waals surface area (Å²) in [6.07, 6.45) is 4.18. The second-order valence-corrected chi connectivity index (χ2v) is 6.13. The van der Waals surface area contributed by atoms with Gasteiger partial charge < -0.3 is 9.64 Å². The van der Waals surface area contributed by atoms with Gasteiger partial charge in [-0.25, -0.2) is 0 Å². The van der Waals surface area contributed by atoms with Crippen molar-refractivity contribution in [2.45, 2.75) is 37.3 Å². The molecule has 0 aromatic heterocycles. The van der Waals surface area contributed by atoms with Crippen LogP contribution in [-0.2, 0) is 10.6 Å². The van der Waals surface area contributed by atoms with Gasteiger partial charge in [-0.2, -0.15) is 0 Å². The Kier molecular flexibility index (Phi) is 3.83. The third kappa shape index (κ3) is 2.28. The van der Waals surface area contributed by atoms with E-state index in [1.807, 2.05) is 0 Å². The molecule has 4 heteroatoms. The molecule has 0 bridgehead atoms. The lowest BCUT2D eigenvalue weighted by atomic mass is 10.1. The Bertz CT molecular complexity index is 440. The van der Waals surface area contributed by atoms with E-state index in [9.17, 15) is 0 Å². The molecule has 0 N–H and O–H groups in total. The smallest absolute Gasteiger partial charge is 0.0779 e. The van der Waals surface area contributed by atoms with E-state index in [0.29, 0.717) is 18.0 Å². The molecule has 0 spiro atoms. The molecule has 3 rings (SSSR count). The van der Waals surface area contributed by atoms with E-state index in [4.69, 9.17) is 16.3 Å². The normalized spacial score (nSPS) is 27.3. The molecular weight excluding hydrogens is 314 g/mol. The molecule has 1 aliphatic heterocycles. The van der Waals surface area contributed by atoms with Crippen LogP contribution in [0.15, 0.2) is 22.7 Å². The number of ether oxygens (including phenoxy) is 1. The lowest BCUT2D eigenvalue weighted by Crippen LogP contribution is -2.48. The van der Waals surface area contributed by atoms with E-state index >= 15 is 0 Å². The van der Waals surface area contributed by atoms with Crippen molar-refractivity contribution in [2.75, 3.05) is 18.1 Å². The first-order valence-corrected chi connectivity index (χ1v) is 7.85. The number of halogens is 2. The van der Waals surface area contributed by atoms with Crippen LogP contribution in [0.1, 0.15) is 24.8 Å². The first-order chi connectivity index (χ1) is 8.79. The molecule has 2 aliphatic rings. The van der Waals surface area contributed by atoms with E-state index in [0.717, 1.165) is 23.2 Å². The molecule has 2 unspecified atom stereocenters. The van der Waals surface area contributed by atoms with Crippen LogP contribution < -0.4 is 4.90 Å². The Morgan fingerprint density at radius 2 is 2.28 bits per heavy atom. The van der Waals surface area contributed by atoms with Gasteiger partial charge in [0, 0.05) is 22.6 Å². The number of fused-ring (bicyclic) bond motifs is 1. The zero-order valence-corrected chi connectivity index (χ0v) is 12.6. The van der Waals surface area contributed by atoms with Gasteiger partial charge in [-0.05, 0) is 37.0 Å². The van der Waals surface area contributed by atoms with Crippen LogP contribution in [0.4, 0.5) is 5.69 Å². The van der Waals surface area contributed by atoms with Gasteiger partial charge in [-0.1, -0.05) is 22.0 Å². The number of rotatable bonds is 2. The van der Waals surface area contributed by atoms with E-state index in [-0.39, 0.29) is 0 Å². The van der Waals surface area contributed by atoms with Crippen molar-refractivity contribution in [1.82, 2.24) is 0 Å². The quantitative estimate of drug-likeness (QED) is 0.761. The van der Waals surface area contributed by atoms with Crippen LogP contribution >= 0.6 is 27.5 Å². The van der Waals surface area contributed by atoms with E-state index in [2.05, 4.69) is 39.0 Å². The molecule has 1 saturated heterocycles. The molecule has 2 nitrogen and oxygen atoms in total. The number of hydrogen-bond acceptors (Lipinski definition) is 2. The average Bonchev–Trinajstić information content (AvgIpc) is 2.86. The number of benzene rings is 1. The molecule has 2 atom stereocenters. The summed E-state index contributed by atoms with van der Waals surface area (Å²) in [4.78, 5) is 2.50. The second kappa shape index (κ2) is 5.40. The summed E-state index contributed by atoms with van der Waals surface area (Å²) >= 11 is 9.50. The van der Waals surface area contributed by atoms with Crippen molar-refractivity contribution in [1.29, 1.82) is 0 Å². The minimum atomic E-state index is 0.435. The van der Waals surface area contributed by atoms with Gasteiger partial charge in [0.25, 0.3) is 0 Å². The third-order valence-electron chi connectivity index (χ3n) is 3.99. The summed E-state index contributed by atoms with van der Waals surface area (Å²) in [7, 11) is 0. The highest BCUT2D eigenvalue weighted by molar-refractivity contribution is 9.10. The summed E-state index contributed by atoms with van der Waals surface area (Å²) in [6.45, 7) is 1.84. The Morgan fingerprint density at radius 1 is 1.39 bits per heavy atom. The fraction of sp³-hybridized carbons (Fsp3) is 0.571. The predicted molar refractivity (Wildman–Crippen MR) is 78.4 cm³/mol. The lowest BCUT2D eigenvalue weighted by Gasteiger charge is -2.39. The maximum atomic E-state index is 5.90. The van der Waals surface area contributed by atoms with Crippen molar-refractivity contribution >= 4 is 33.2 Å². The van der Waals surface area contributed by atoms with Gasteiger partial charge in [-0.15, -0.1) is 11.6 Å². The molecule has 18 heavy (non-hydrogen) atoms. The first-order valence-electron chi connectivity index (χ1n) is 6.52. The Labute approximate surface area is 121 Å². The Balaban J connectivity index is 1.87. The van der Waals surface area contributed by atoms with Crippen molar-refractivity contribution in [3.8, 4) is 0 Å². The highest BCUT2D eigenvalue weighted by Crippen LogP contribution is 2.34. The number of alkyl halides is 1. The lowest BCUT2D eigenvalue weighted by molar-refractivity contribution is 0.0256. The molecular formula is C14H17BrClNO. The summed E-state index contributed by atoms with van der Waals surface area (Å²) in [5, 5.41) is 0. The van der Waals surface area contributed by atoms with Gasteiger partial charge >= 0.3 is 0 Å². The largest absolute Gasteiger partial charge is 0.374 e. The van der Waals surface area contributed by atoms with Gasteiger partial charge in [0.2, 0.25) is 0 Å². The minimum Gasteiger partial charge on any atom is -0.374 e. The van der Waals surface area contributed by atoms with Crippen LogP contribution in [0, 0.1) is 0 Å². The summed E-state index contributed by atoms with van der Waals surface area (Å²) in [5.74, 6) is 0.552. The maximum Gasteiger partial charge on any atom is 0.0779 e. The fourth-order valence-corrected chi connectivity index (χ4v) is 3.97. The Morgan fingerprint density at radius 3 is 3.06 bits per heavy atom. The van der Waals surface area contributed by atoms with E-state index < -0.39 is 0 Å². The average molecular weight is 331 g/mol. The SMILES string of the molecule is ClCc1ccc(N2CCOC3CCCC32)cc1Br. The number of hydrogen-bond donors (Lipinski definition) is 0. The van der Waals surface area contributed by atoms with Crippen LogP contribution in [0.3, 0.4) is 0 Å². The van der Waals surface area contributed by atoms with Crippen molar-refractivity contribution in [3.63, 3.8) is 0 Å². The predicted octanol–water partition coefficient (Wildman–Crippen LogP) is 3.95. The third-order valence-corrected chi connectivity index (χ3v) is 5.02. The first kappa shape index (κ1) is 12.8. The molecule has 2 fully saturated rings. The molecule has 1 saturated carbocycles. The highest BCUT2D eigenvalue weighted by Gasteiger charge is 2.36. The highest BCUT2D eigenvalue weighted by atomic mass is 79.9. The molecule has 1 aromatic rings. The van der Waals surface area contributed by atoms with Crippen LogP contribution in [0.2, 0.25) is 0 Å².